The molecule has 0 aliphatic rings. The number of halogens is 3. The number of carbonyl (C=O) groups is 1. The molecule has 0 saturated heterocycles. The predicted octanol–water partition coefficient (Wildman–Crippen LogP) is 4.57. The number of benzene rings is 2. The van der Waals surface area contributed by atoms with Gasteiger partial charge in [-0.2, -0.15) is 5.10 Å². The van der Waals surface area contributed by atoms with Crippen LogP contribution in [0, 0.1) is 18.6 Å². The van der Waals surface area contributed by atoms with Gasteiger partial charge in [-0.1, -0.05) is 23.7 Å². The Hall–Kier alpha value is -2.73. The highest BCUT2D eigenvalue weighted by atomic mass is 35.5. The van der Waals surface area contributed by atoms with E-state index in [0.717, 1.165) is 12.1 Å². The molecule has 122 valence electrons. The molecule has 1 heterocycles. The van der Waals surface area contributed by atoms with Crippen molar-refractivity contribution < 1.29 is 13.6 Å². The van der Waals surface area contributed by atoms with Gasteiger partial charge in [0.2, 0.25) is 0 Å². The fourth-order valence-corrected chi connectivity index (χ4v) is 2.49. The molecule has 1 amide bonds. The predicted molar refractivity (Wildman–Crippen MR) is 88.1 cm³/mol. The van der Waals surface area contributed by atoms with Gasteiger partial charge in [0.25, 0.3) is 5.91 Å². The number of amides is 1. The lowest BCUT2D eigenvalue weighted by atomic mass is 10.1. The summed E-state index contributed by atoms with van der Waals surface area (Å²) in [5.74, 6) is -2.28. The van der Waals surface area contributed by atoms with E-state index < -0.39 is 17.5 Å². The van der Waals surface area contributed by atoms with E-state index in [4.69, 9.17) is 11.6 Å². The lowest BCUT2D eigenvalue weighted by Gasteiger charge is -2.08. The topological polar surface area (TPSA) is 57.8 Å². The van der Waals surface area contributed by atoms with E-state index in [1.807, 2.05) is 0 Å². The Morgan fingerprint density at radius 2 is 1.88 bits per heavy atom. The Bertz CT molecular complexity index is 904. The number of rotatable bonds is 3. The molecule has 1 aromatic heterocycles. The third-order valence-corrected chi connectivity index (χ3v) is 3.64. The summed E-state index contributed by atoms with van der Waals surface area (Å²) in [6.45, 7) is 1.73. The van der Waals surface area contributed by atoms with Crippen LogP contribution in [0.2, 0.25) is 5.02 Å². The van der Waals surface area contributed by atoms with Crippen molar-refractivity contribution in [3.8, 4) is 11.3 Å². The van der Waals surface area contributed by atoms with E-state index >= 15 is 0 Å². The van der Waals surface area contributed by atoms with Crippen LogP contribution in [0.5, 0.6) is 0 Å². The molecule has 24 heavy (non-hydrogen) atoms. The zero-order valence-corrected chi connectivity index (χ0v) is 13.3. The number of aromatic nitrogens is 2. The van der Waals surface area contributed by atoms with Crippen LogP contribution in [0.25, 0.3) is 11.3 Å². The number of carbonyl (C=O) groups excluding carboxylic acids is 1. The average Bonchev–Trinajstić information content (AvgIpc) is 2.87. The molecular formula is C17H12ClF2N3O. The summed E-state index contributed by atoms with van der Waals surface area (Å²) in [6.07, 6.45) is 0. The van der Waals surface area contributed by atoms with Crippen LogP contribution in [0.1, 0.15) is 16.1 Å². The monoisotopic (exact) mass is 347 g/mol. The Morgan fingerprint density at radius 3 is 2.54 bits per heavy atom. The Balaban J connectivity index is 1.96. The van der Waals surface area contributed by atoms with Crippen molar-refractivity contribution in [1.82, 2.24) is 10.2 Å². The third-order valence-electron chi connectivity index (χ3n) is 3.41. The van der Waals surface area contributed by atoms with E-state index in [-0.39, 0.29) is 5.56 Å². The standard InChI is InChI=1S/C17H12ClF2N3O/c1-9-15(16(23-22-9)10-3-2-4-12(18)5-10)21-17(24)11-6-13(19)8-14(20)7-11/h2-8H,1H3,(H,21,24)(H,22,23). The molecule has 0 radical (unpaired) electrons. The summed E-state index contributed by atoms with van der Waals surface area (Å²) < 4.78 is 26.6. The smallest absolute Gasteiger partial charge is 0.255 e. The summed E-state index contributed by atoms with van der Waals surface area (Å²) in [6, 6.07) is 9.61. The second-order valence-electron chi connectivity index (χ2n) is 5.19. The third kappa shape index (κ3) is 3.28. The fraction of sp³-hybridized carbons (Fsp3) is 0.0588. The maximum Gasteiger partial charge on any atom is 0.255 e. The average molecular weight is 348 g/mol. The molecule has 0 saturated carbocycles. The molecule has 0 unspecified atom stereocenters. The van der Waals surface area contributed by atoms with Crippen LogP contribution in [0.15, 0.2) is 42.5 Å². The molecule has 0 aliphatic heterocycles. The highest BCUT2D eigenvalue weighted by Crippen LogP contribution is 2.30. The highest BCUT2D eigenvalue weighted by molar-refractivity contribution is 6.30. The summed E-state index contributed by atoms with van der Waals surface area (Å²) in [5.41, 5.74) is 2.10. The van der Waals surface area contributed by atoms with E-state index in [9.17, 15) is 13.6 Å². The molecule has 3 aromatic rings. The number of H-pyrrole nitrogens is 1. The number of aromatic amines is 1. The second-order valence-corrected chi connectivity index (χ2v) is 5.63. The molecule has 0 bridgehead atoms. The lowest BCUT2D eigenvalue weighted by Crippen LogP contribution is -2.13. The molecule has 0 aliphatic carbocycles. The van der Waals surface area contributed by atoms with Crippen molar-refractivity contribution in [1.29, 1.82) is 0 Å². The van der Waals surface area contributed by atoms with Gasteiger partial charge in [-0.3, -0.25) is 9.89 Å². The fourth-order valence-electron chi connectivity index (χ4n) is 2.30. The summed E-state index contributed by atoms with van der Waals surface area (Å²) >= 11 is 5.98. The van der Waals surface area contributed by atoms with Gasteiger partial charge in [-0.05, 0) is 31.2 Å². The molecule has 2 aromatic carbocycles. The highest BCUT2D eigenvalue weighted by Gasteiger charge is 2.17. The van der Waals surface area contributed by atoms with Crippen LogP contribution in [-0.2, 0) is 0 Å². The number of aryl methyl sites for hydroxylation is 1. The lowest BCUT2D eigenvalue weighted by molar-refractivity contribution is 0.102. The first-order chi connectivity index (χ1) is 11.4. The first kappa shape index (κ1) is 16.1. The largest absolute Gasteiger partial charge is 0.319 e. The number of hydrogen-bond donors (Lipinski definition) is 2. The number of anilines is 1. The van der Waals surface area contributed by atoms with E-state index in [1.54, 1.807) is 31.2 Å². The van der Waals surface area contributed by atoms with Crippen LogP contribution in [0.4, 0.5) is 14.5 Å². The molecule has 3 rings (SSSR count). The molecule has 0 atom stereocenters. The van der Waals surface area contributed by atoms with Crippen molar-refractivity contribution in [2.24, 2.45) is 0 Å². The molecule has 4 nitrogen and oxygen atoms in total. The maximum absolute atomic E-state index is 13.3. The second kappa shape index (κ2) is 6.41. The van der Waals surface area contributed by atoms with Crippen molar-refractivity contribution >= 4 is 23.2 Å². The Kier molecular flexibility index (Phi) is 4.31. The number of nitrogens with zero attached hydrogens (tertiary/aromatic N) is 1. The minimum atomic E-state index is -0.820. The van der Waals surface area contributed by atoms with Gasteiger partial charge in [-0.15, -0.1) is 0 Å². The van der Waals surface area contributed by atoms with Crippen molar-refractivity contribution in [2.45, 2.75) is 6.92 Å². The Labute approximate surface area is 141 Å². The normalized spacial score (nSPS) is 10.7. The molecular weight excluding hydrogens is 336 g/mol. The molecule has 0 spiro atoms. The van der Waals surface area contributed by atoms with E-state index in [0.29, 0.717) is 33.7 Å². The van der Waals surface area contributed by atoms with Crippen molar-refractivity contribution in [2.75, 3.05) is 5.32 Å². The van der Waals surface area contributed by atoms with E-state index in [2.05, 4.69) is 15.5 Å². The quantitative estimate of drug-likeness (QED) is 0.729. The molecule has 2 N–H and O–H groups in total. The summed E-state index contributed by atoms with van der Waals surface area (Å²) in [4.78, 5) is 12.3. The van der Waals surface area contributed by atoms with Gasteiger partial charge < -0.3 is 5.32 Å². The first-order valence-electron chi connectivity index (χ1n) is 7.02. The van der Waals surface area contributed by atoms with Crippen LogP contribution in [0.3, 0.4) is 0 Å². The SMILES string of the molecule is Cc1[nH]nc(-c2cccc(Cl)c2)c1NC(=O)c1cc(F)cc(F)c1. The van der Waals surface area contributed by atoms with Gasteiger partial charge >= 0.3 is 0 Å². The zero-order valence-electron chi connectivity index (χ0n) is 12.5. The number of nitrogens with one attached hydrogen (secondary N) is 2. The van der Waals surface area contributed by atoms with Gasteiger partial charge in [-0.25, -0.2) is 8.78 Å². The molecule has 7 heteroatoms. The van der Waals surface area contributed by atoms with E-state index in [1.165, 1.54) is 0 Å². The number of hydrogen-bond acceptors (Lipinski definition) is 2. The zero-order chi connectivity index (χ0) is 17.3. The minimum absolute atomic E-state index is 0.120. The maximum atomic E-state index is 13.3. The van der Waals surface area contributed by atoms with Gasteiger partial charge in [0.15, 0.2) is 0 Å². The first-order valence-corrected chi connectivity index (χ1v) is 7.40. The summed E-state index contributed by atoms with van der Waals surface area (Å²) in [7, 11) is 0. The van der Waals surface area contributed by atoms with Crippen molar-refractivity contribution in [3.05, 3.63) is 70.4 Å². The van der Waals surface area contributed by atoms with Gasteiger partial charge in [0.1, 0.15) is 17.3 Å². The molecule has 0 fully saturated rings. The van der Waals surface area contributed by atoms with Crippen LogP contribution in [-0.4, -0.2) is 16.1 Å². The summed E-state index contributed by atoms with van der Waals surface area (Å²) in [5, 5.41) is 10.1. The van der Waals surface area contributed by atoms with Gasteiger partial charge in [0, 0.05) is 22.2 Å². The van der Waals surface area contributed by atoms with Gasteiger partial charge in [0.05, 0.1) is 11.4 Å². The Morgan fingerprint density at radius 1 is 1.17 bits per heavy atom. The van der Waals surface area contributed by atoms with Crippen LogP contribution >= 0.6 is 11.6 Å². The minimum Gasteiger partial charge on any atom is -0.319 e. The van der Waals surface area contributed by atoms with Crippen molar-refractivity contribution in [3.63, 3.8) is 0 Å². The van der Waals surface area contributed by atoms with Crippen LogP contribution < -0.4 is 5.32 Å².